The highest BCUT2D eigenvalue weighted by molar-refractivity contribution is 6.05. The Morgan fingerprint density at radius 3 is 2.47 bits per heavy atom. The van der Waals surface area contributed by atoms with Crippen molar-refractivity contribution < 1.29 is 14.3 Å². The van der Waals surface area contributed by atoms with E-state index in [9.17, 15) is 9.59 Å². The Morgan fingerprint density at radius 1 is 1.03 bits per heavy atom. The van der Waals surface area contributed by atoms with Crippen molar-refractivity contribution in [3.8, 4) is 5.75 Å². The minimum absolute atomic E-state index is 0.0364. The fourth-order valence-electron chi connectivity index (χ4n) is 3.54. The number of hydrogen-bond donors (Lipinski definition) is 1. The van der Waals surface area contributed by atoms with E-state index >= 15 is 0 Å². The van der Waals surface area contributed by atoms with Crippen molar-refractivity contribution in [2.45, 2.75) is 33.7 Å². The molecule has 1 N–H and O–H groups in total. The SMILES string of the molecule is CCc1c(C(=O)Nc2cccc(OCC(=O)N(CC)CC)c2)cnn1Cc1ccccc1. The molecule has 1 aromatic heterocycles. The number of ether oxygens (including phenoxy) is 1. The van der Waals surface area contributed by atoms with E-state index in [4.69, 9.17) is 4.74 Å². The third-order valence-corrected chi connectivity index (χ3v) is 5.27. The summed E-state index contributed by atoms with van der Waals surface area (Å²) in [4.78, 5) is 26.8. The molecule has 0 aliphatic rings. The molecule has 7 nitrogen and oxygen atoms in total. The van der Waals surface area contributed by atoms with Crippen LogP contribution in [0.5, 0.6) is 5.75 Å². The molecule has 2 amide bonds. The fourth-order valence-corrected chi connectivity index (χ4v) is 3.54. The molecule has 0 unspecified atom stereocenters. The molecule has 3 rings (SSSR count). The molecule has 0 atom stereocenters. The zero-order chi connectivity index (χ0) is 22.9. The molecule has 7 heteroatoms. The Bertz CT molecular complexity index is 1040. The van der Waals surface area contributed by atoms with Gasteiger partial charge in [-0.05, 0) is 38.0 Å². The predicted molar refractivity (Wildman–Crippen MR) is 125 cm³/mol. The fraction of sp³-hybridized carbons (Fsp3) is 0.320. The average molecular weight is 435 g/mol. The number of aromatic nitrogens is 2. The van der Waals surface area contributed by atoms with E-state index in [2.05, 4.69) is 10.4 Å². The van der Waals surface area contributed by atoms with Crippen LogP contribution in [0.15, 0.2) is 60.8 Å². The van der Waals surface area contributed by atoms with Crippen molar-refractivity contribution >= 4 is 17.5 Å². The second-order valence-corrected chi connectivity index (χ2v) is 7.34. The Kier molecular flexibility index (Phi) is 8.02. The maximum atomic E-state index is 12.9. The Labute approximate surface area is 189 Å². The highest BCUT2D eigenvalue weighted by atomic mass is 16.5. The average Bonchev–Trinajstić information content (AvgIpc) is 3.22. The summed E-state index contributed by atoms with van der Waals surface area (Å²) in [6.45, 7) is 7.75. The lowest BCUT2D eigenvalue weighted by molar-refractivity contribution is -0.132. The number of rotatable bonds is 10. The summed E-state index contributed by atoms with van der Waals surface area (Å²) < 4.78 is 7.50. The molecule has 0 aliphatic heterocycles. The van der Waals surface area contributed by atoms with Crippen molar-refractivity contribution in [2.75, 3.05) is 25.0 Å². The Hall–Kier alpha value is -3.61. The predicted octanol–water partition coefficient (Wildman–Crippen LogP) is 3.99. The molecule has 168 valence electrons. The van der Waals surface area contributed by atoms with Crippen LogP contribution in [0.1, 0.15) is 42.4 Å². The van der Waals surface area contributed by atoms with Crippen LogP contribution in [-0.4, -0.2) is 46.2 Å². The number of benzene rings is 2. The van der Waals surface area contributed by atoms with Gasteiger partial charge in [-0.15, -0.1) is 0 Å². The van der Waals surface area contributed by atoms with E-state index in [1.165, 1.54) is 0 Å². The van der Waals surface area contributed by atoms with Gasteiger partial charge in [0.2, 0.25) is 0 Å². The maximum Gasteiger partial charge on any atom is 0.260 e. The van der Waals surface area contributed by atoms with Crippen LogP contribution in [-0.2, 0) is 17.8 Å². The molecule has 0 fully saturated rings. The smallest absolute Gasteiger partial charge is 0.260 e. The first kappa shape index (κ1) is 23.1. The number of likely N-dealkylation sites (N-methyl/N-ethyl adjacent to an activating group) is 1. The lowest BCUT2D eigenvalue weighted by Gasteiger charge is -2.18. The third-order valence-electron chi connectivity index (χ3n) is 5.27. The molecule has 2 aromatic carbocycles. The molecule has 3 aromatic rings. The molecule has 32 heavy (non-hydrogen) atoms. The summed E-state index contributed by atoms with van der Waals surface area (Å²) in [6, 6.07) is 17.1. The highest BCUT2D eigenvalue weighted by Crippen LogP contribution is 2.20. The van der Waals surface area contributed by atoms with Crippen molar-refractivity contribution in [2.24, 2.45) is 0 Å². The Balaban J connectivity index is 1.67. The summed E-state index contributed by atoms with van der Waals surface area (Å²) >= 11 is 0. The van der Waals surface area contributed by atoms with Crippen LogP contribution in [0.3, 0.4) is 0 Å². The van der Waals surface area contributed by atoms with E-state index in [1.54, 1.807) is 35.4 Å². The number of carbonyl (C=O) groups is 2. The van der Waals surface area contributed by atoms with Crippen LogP contribution in [0.2, 0.25) is 0 Å². The standard InChI is InChI=1S/C25H30N4O3/c1-4-23-22(16-26-29(23)17-19-11-8-7-9-12-19)25(31)27-20-13-10-14-21(15-20)32-18-24(30)28(5-2)6-3/h7-16H,4-6,17-18H2,1-3H3,(H,27,31). The number of nitrogens with one attached hydrogen (secondary N) is 1. The van der Waals surface area contributed by atoms with Gasteiger partial charge in [-0.25, -0.2) is 0 Å². The molecular weight excluding hydrogens is 404 g/mol. The first-order valence-corrected chi connectivity index (χ1v) is 11.0. The molecule has 0 saturated heterocycles. The monoisotopic (exact) mass is 434 g/mol. The van der Waals surface area contributed by atoms with Crippen molar-refractivity contribution in [1.29, 1.82) is 0 Å². The summed E-state index contributed by atoms with van der Waals surface area (Å²) in [5.74, 6) is 0.235. The van der Waals surface area contributed by atoms with Gasteiger partial charge in [0.25, 0.3) is 11.8 Å². The third kappa shape index (κ3) is 5.75. The number of carbonyl (C=O) groups excluding carboxylic acids is 2. The number of amides is 2. The van der Waals surface area contributed by atoms with Gasteiger partial charge >= 0.3 is 0 Å². The van der Waals surface area contributed by atoms with Crippen LogP contribution >= 0.6 is 0 Å². The van der Waals surface area contributed by atoms with E-state index in [0.29, 0.717) is 43.1 Å². The Morgan fingerprint density at radius 2 is 1.78 bits per heavy atom. The van der Waals surface area contributed by atoms with Crippen LogP contribution < -0.4 is 10.1 Å². The van der Waals surface area contributed by atoms with Crippen LogP contribution in [0.4, 0.5) is 5.69 Å². The quantitative estimate of drug-likeness (QED) is 0.523. The number of hydrogen-bond acceptors (Lipinski definition) is 4. The van der Waals surface area contributed by atoms with Gasteiger partial charge in [-0.2, -0.15) is 5.10 Å². The molecule has 0 aliphatic carbocycles. The van der Waals surface area contributed by atoms with E-state index in [0.717, 1.165) is 11.3 Å². The van der Waals surface area contributed by atoms with Gasteiger partial charge < -0.3 is 15.0 Å². The maximum absolute atomic E-state index is 12.9. The van der Waals surface area contributed by atoms with Crippen molar-refractivity contribution in [3.63, 3.8) is 0 Å². The van der Waals surface area contributed by atoms with Crippen molar-refractivity contribution in [3.05, 3.63) is 77.6 Å². The first-order valence-electron chi connectivity index (χ1n) is 11.0. The normalized spacial score (nSPS) is 10.6. The van der Waals surface area contributed by atoms with Gasteiger partial charge in [0.15, 0.2) is 6.61 Å². The summed E-state index contributed by atoms with van der Waals surface area (Å²) in [7, 11) is 0. The van der Waals surface area contributed by atoms with E-state index < -0.39 is 0 Å². The molecule has 0 bridgehead atoms. The largest absolute Gasteiger partial charge is 0.484 e. The van der Waals surface area contributed by atoms with Gasteiger partial charge in [0.1, 0.15) is 5.75 Å². The topological polar surface area (TPSA) is 76.5 Å². The minimum Gasteiger partial charge on any atom is -0.484 e. The number of anilines is 1. The molecular formula is C25H30N4O3. The van der Waals surface area contributed by atoms with Gasteiger partial charge in [-0.3, -0.25) is 14.3 Å². The van der Waals surface area contributed by atoms with Gasteiger partial charge in [0.05, 0.1) is 24.0 Å². The first-order chi connectivity index (χ1) is 15.5. The van der Waals surface area contributed by atoms with Gasteiger partial charge in [0, 0.05) is 24.8 Å². The second kappa shape index (κ2) is 11.1. The highest BCUT2D eigenvalue weighted by Gasteiger charge is 2.17. The summed E-state index contributed by atoms with van der Waals surface area (Å²) in [5.41, 5.74) is 3.15. The lowest BCUT2D eigenvalue weighted by atomic mass is 10.1. The lowest BCUT2D eigenvalue weighted by Crippen LogP contribution is -2.34. The van der Waals surface area contributed by atoms with Crippen molar-refractivity contribution in [1.82, 2.24) is 14.7 Å². The summed E-state index contributed by atoms with van der Waals surface area (Å²) in [5, 5.41) is 7.35. The molecule has 0 spiro atoms. The molecule has 0 saturated carbocycles. The van der Waals surface area contributed by atoms with E-state index in [1.807, 2.05) is 55.8 Å². The minimum atomic E-state index is -0.225. The zero-order valence-corrected chi connectivity index (χ0v) is 18.9. The van der Waals surface area contributed by atoms with Crippen LogP contribution in [0, 0.1) is 0 Å². The van der Waals surface area contributed by atoms with Gasteiger partial charge in [-0.1, -0.05) is 43.3 Å². The zero-order valence-electron chi connectivity index (χ0n) is 18.9. The number of nitrogens with zero attached hydrogens (tertiary/aromatic N) is 3. The second-order valence-electron chi connectivity index (χ2n) is 7.34. The molecule has 0 radical (unpaired) electrons. The van der Waals surface area contributed by atoms with E-state index in [-0.39, 0.29) is 18.4 Å². The summed E-state index contributed by atoms with van der Waals surface area (Å²) in [6.07, 6.45) is 2.30. The molecule has 1 heterocycles. The van der Waals surface area contributed by atoms with Crippen LogP contribution in [0.25, 0.3) is 0 Å².